The van der Waals surface area contributed by atoms with E-state index in [1.54, 1.807) is 7.11 Å². The van der Waals surface area contributed by atoms with Crippen molar-refractivity contribution in [3.8, 4) is 11.5 Å². The minimum Gasteiger partial charge on any atom is -0.493 e. The third kappa shape index (κ3) is 5.31. The van der Waals surface area contributed by atoms with Gasteiger partial charge in [-0.2, -0.15) is 0 Å². The zero-order valence-corrected chi connectivity index (χ0v) is 20.5. The average Bonchev–Trinajstić information content (AvgIpc) is 3.51. The number of ether oxygens (including phenoxy) is 2. The number of nitrogens with one attached hydrogen (secondary N) is 1. The minimum atomic E-state index is -0.234. The summed E-state index contributed by atoms with van der Waals surface area (Å²) in [6.07, 6.45) is 4.79. The molecule has 0 aliphatic rings. The van der Waals surface area contributed by atoms with Gasteiger partial charge in [-0.25, -0.2) is 4.98 Å². The van der Waals surface area contributed by atoms with Crippen LogP contribution in [0.1, 0.15) is 47.4 Å². The fourth-order valence-electron chi connectivity index (χ4n) is 3.90. The van der Waals surface area contributed by atoms with Crippen LogP contribution in [-0.2, 0) is 6.54 Å². The van der Waals surface area contributed by atoms with Gasteiger partial charge in [0, 0.05) is 6.54 Å². The third-order valence-electron chi connectivity index (χ3n) is 5.49. The monoisotopic (exact) mass is 475 g/mol. The number of carbonyl (C=O) groups is 1. The number of hydrogen-bond acceptors (Lipinski definition) is 5. The summed E-state index contributed by atoms with van der Waals surface area (Å²) in [5.74, 6) is 2.19. The highest BCUT2D eigenvalue weighted by Gasteiger charge is 2.19. The maximum absolute atomic E-state index is 12.6. The van der Waals surface area contributed by atoms with E-state index in [1.165, 1.54) is 11.3 Å². The molecule has 0 bridgehead atoms. The lowest BCUT2D eigenvalue weighted by atomic mass is 10.2. The summed E-state index contributed by atoms with van der Waals surface area (Å²) in [6, 6.07) is 17.4. The number of fused-ring (bicyclic) bond motifs is 1. The van der Waals surface area contributed by atoms with Crippen LogP contribution in [-0.4, -0.2) is 29.2 Å². The first kappa shape index (κ1) is 23.6. The van der Waals surface area contributed by atoms with Crippen molar-refractivity contribution in [2.75, 3.05) is 13.7 Å². The largest absolute Gasteiger partial charge is 0.493 e. The molecule has 4 aromatic rings. The second-order valence-electron chi connectivity index (χ2n) is 7.90. The van der Waals surface area contributed by atoms with Crippen molar-refractivity contribution in [2.24, 2.45) is 0 Å². The fourth-order valence-corrected chi connectivity index (χ4v) is 4.53. The number of carbonyl (C=O) groups excluding carboxylic acids is 1. The molecular weight excluding hydrogens is 446 g/mol. The van der Waals surface area contributed by atoms with Crippen molar-refractivity contribution in [2.45, 2.75) is 32.9 Å². The van der Waals surface area contributed by atoms with Gasteiger partial charge in [0.2, 0.25) is 0 Å². The van der Waals surface area contributed by atoms with Crippen LogP contribution in [0, 0.1) is 0 Å². The van der Waals surface area contributed by atoms with E-state index in [9.17, 15) is 4.79 Å². The number of aryl methyl sites for hydroxylation is 1. The van der Waals surface area contributed by atoms with Gasteiger partial charge in [0.05, 0.1) is 35.7 Å². The fraction of sp³-hybridized carbons (Fsp3) is 0.259. The highest BCUT2D eigenvalue weighted by atomic mass is 32.1. The molecule has 176 valence electrons. The van der Waals surface area contributed by atoms with Gasteiger partial charge in [0.25, 0.3) is 5.91 Å². The van der Waals surface area contributed by atoms with Crippen molar-refractivity contribution in [3.05, 3.63) is 82.3 Å². The Morgan fingerprint density at radius 1 is 1.18 bits per heavy atom. The number of thiophene rings is 1. The standard InChI is InChI=1S/C27H29N3O3S/c1-4-9-20-13-14-23(24(18-20)32-3)33-16-8-15-30-22-11-6-5-10-21(22)29-26(30)19(2)28-27(31)25-12-7-17-34-25/h4-7,9-14,17-19H,8,15-16H2,1-3H3,(H,28,31)/b9-4+. The molecule has 2 heterocycles. The zero-order chi connectivity index (χ0) is 23.9. The van der Waals surface area contributed by atoms with Crippen molar-refractivity contribution in [1.82, 2.24) is 14.9 Å². The molecule has 34 heavy (non-hydrogen) atoms. The Morgan fingerprint density at radius 3 is 2.79 bits per heavy atom. The Balaban J connectivity index is 1.46. The van der Waals surface area contributed by atoms with E-state index in [-0.39, 0.29) is 11.9 Å². The van der Waals surface area contributed by atoms with E-state index < -0.39 is 0 Å². The summed E-state index contributed by atoms with van der Waals surface area (Å²) < 4.78 is 13.7. The predicted molar refractivity (Wildman–Crippen MR) is 138 cm³/mol. The summed E-state index contributed by atoms with van der Waals surface area (Å²) in [6.45, 7) is 5.20. The topological polar surface area (TPSA) is 65.4 Å². The Bertz CT molecular complexity index is 1280. The zero-order valence-electron chi connectivity index (χ0n) is 19.7. The van der Waals surface area contributed by atoms with Crippen LogP contribution < -0.4 is 14.8 Å². The number of hydrogen-bond donors (Lipinski definition) is 1. The van der Waals surface area contributed by atoms with Crippen molar-refractivity contribution in [3.63, 3.8) is 0 Å². The number of allylic oxidation sites excluding steroid dienone is 1. The van der Waals surface area contributed by atoms with E-state index in [0.29, 0.717) is 23.8 Å². The summed E-state index contributed by atoms with van der Waals surface area (Å²) in [5.41, 5.74) is 3.03. The molecule has 7 heteroatoms. The predicted octanol–water partition coefficient (Wildman–Crippen LogP) is 6.10. The Kier molecular flexibility index (Phi) is 7.65. The maximum atomic E-state index is 12.6. The summed E-state index contributed by atoms with van der Waals surface area (Å²) in [7, 11) is 1.65. The smallest absolute Gasteiger partial charge is 0.261 e. The Labute approximate surface area is 203 Å². The number of para-hydroxylation sites is 2. The number of nitrogens with zero attached hydrogens (tertiary/aromatic N) is 2. The SMILES string of the molecule is C/C=C/c1ccc(OCCCn2c(C(C)NC(=O)c3cccs3)nc3ccccc32)c(OC)c1. The molecule has 0 saturated carbocycles. The number of imidazole rings is 1. The molecule has 6 nitrogen and oxygen atoms in total. The van der Waals surface area contributed by atoms with Gasteiger partial charge in [-0.3, -0.25) is 4.79 Å². The molecular formula is C27H29N3O3S. The molecule has 1 unspecified atom stereocenters. The number of methoxy groups -OCH3 is 1. The highest BCUT2D eigenvalue weighted by Crippen LogP contribution is 2.29. The molecule has 0 aliphatic heterocycles. The van der Waals surface area contributed by atoms with Crippen LogP contribution in [0.5, 0.6) is 11.5 Å². The molecule has 1 amide bonds. The molecule has 0 radical (unpaired) electrons. The molecule has 4 rings (SSSR count). The molecule has 2 aromatic carbocycles. The second kappa shape index (κ2) is 11.0. The van der Waals surface area contributed by atoms with Crippen LogP contribution in [0.25, 0.3) is 17.1 Å². The van der Waals surface area contributed by atoms with Gasteiger partial charge in [0.15, 0.2) is 11.5 Å². The van der Waals surface area contributed by atoms with Crippen LogP contribution in [0.2, 0.25) is 0 Å². The maximum Gasteiger partial charge on any atom is 0.261 e. The Morgan fingerprint density at radius 2 is 2.03 bits per heavy atom. The highest BCUT2D eigenvalue weighted by molar-refractivity contribution is 7.12. The van der Waals surface area contributed by atoms with Gasteiger partial charge < -0.3 is 19.4 Å². The van der Waals surface area contributed by atoms with E-state index in [2.05, 4.69) is 16.0 Å². The van der Waals surface area contributed by atoms with Crippen LogP contribution in [0.15, 0.2) is 66.1 Å². The molecule has 1 N–H and O–H groups in total. The molecule has 1 atom stereocenters. The third-order valence-corrected chi connectivity index (χ3v) is 6.36. The van der Waals surface area contributed by atoms with E-state index in [1.807, 2.05) is 79.9 Å². The lowest BCUT2D eigenvalue weighted by Crippen LogP contribution is -2.28. The molecule has 0 fully saturated rings. The van der Waals surface area contributed by atoms with Gasteiger partial charge in [-0.05, 0) is 61.5 Å². The van der Waals surface area contributed by atoms with Crippen LogP contribution >= 0.6 is 11.3 Å². The first-order valence-electron chi connectivity index (χ1n) is 11.3. The van der Waals surface area contributed by atoms with Crippen molar-refractivity contribution < 1.29 is 14.3 Å². The molecule has 0 aliphatic carbocycles. The second-order valence-corrected chi connectivity index (χ2v) is 8.84. The number of amides is 1. The summed E-state index contributed by atoms with van der Waals surface area (Å²) in [5, 5.41) is 4.98. The van der Waals surface area contributed by atoms with Crippen LogP contribution in [0.3, 0.4) is 0 Å². The number of benzene rings is 2. The van der Waals surface area contributed by atoms with E-state index >= 15 is 0 Å². The van der Waals surface area contributed by atoms with E-state index in [4.69, 9.17) is 14.5 Å². The average molecular weight is 476 g/mol. The summed E-state index contributed by atoms with van der Waals surface area (Å²) >= 11 is 1.43. The van der Waals surface area contributed by atoms with E-state index in [0.717, 1.165) is 34.6 Å². The molecule has 0 saturated heterocycles. The van der Waals surface area contributed by atoms with Gasteiger partial charge in [-0.1, -0.05) is 36.4 Å². The van der Waals surface area contributed by atoms with Crippen LogP contribution in [0.4, 0.5) is 0 Å². The number of aromatic nitrogens is 2. The Hall–Kier alpha value is -3.58. The quantitative estimate of drug-likeness (QED) is 0.282. The first-order valence-corrected chi connectivity index (χ1v) is 12.2. The summed E-state index contributed by atoms with van der Waals surface area (Å²) in [4.78, 5) is 18.1. The van der Waals surface area contributed by atoms with Gasteiger partial charge in [0.1, 0.15) is 5.82 Å². The van der Waals surface area contributed by atoms with Gasteiger partial charge in [-0.15, -0.1) is 11.3 Å². The van der Waals surface area contributed by atoms with Gasteiger partial charge >= 0.3 is 0 Å². The normalized spacial score (nSPS) is 12.2. The molecule has 0 spiro atoms. The lowest BCUT2D eigenvalue weighted by Gasteiger charge is -2.16. The first-order chi connectivity index (χ1) is 16.6. The van der Waals surface area contributed by atoms with Crippen molar-refractivity contribution >= 4 is 34.4 Å². The lowest BCUT2D eigenvalue weighted by molar-refractivity contribution is 0.0941. The minimum absolute atomic E-state index is 0.0853. The van der Waals surface area contributed by atoms with Crippen molar-refractivity contribution in [1.29, 1.82) is 0 Å². The molecule has 2 aromatic heterocycles. The number of rotatable bonds is 10.